The lowest BCUT2D eigenvalue weighted by atomic mass is 9.83. The molecule has 1 aromatic rings. The van der Waals surface area contributed by atoms with Gasteiger partial charge in [0.15, 0.2) is 0 Å². The summed E-state index contributed by atoms with van der Waals surface area (Å²) >= 11 is 6.07. The third kappa shape index (κ3) is 5.07. The Bertz CT molecular complexity index is 766. The Morgan fingerprint density at radius 2 is 1.90 bits per heavy atom. The average Bonchev–Trinajstić information content (AvgIpc) is 2.72. The van der Waals surface area contributed by atoms with Crippen molar-refractivity contribution in [2.75, 3.05) is 52.6 Å². The molecule has 8 heteroatoms. The van der Waals surface area contributed by atoms with Crippen LogP contribution in [0.5, 0.6) is 5.75 Å². The minimum atomic E-state index is -0.880. The monoisotopic (exact) mass is 436 g/mol. The van der Waals surface area contributed by atoms with Crippen LogP contribution in [0.3, 0.4) is 0 Å². The van der Waals surface area contributed by atoms with E-state index in [0.29, 0.717) is 56.8 Å². The quantitative estimate of drug-likeness (QED) is 0.684. The first-order valence-electron chi connectivity index (χ1n) is 10.7. The molecule has 0 spiro atoms. The van der Waals surface area contributed by atoms with Crippen molar-refractivity contribution in [3.05, 3.63) is 29.3 Å². The Kier molecular flexibility index (Phi) is 6.80. The van der Waals surface area contributed by atoms with Gasteiger partial charge in [0.2, 0.25) is 11.8 Å². The molecule has 2 amide bonds. The summed E-state index contributed by atoms with van der Waals surface area (Å²) in [6.45, 7) is 3.74. The van der Waals surface area contributed by atoms with Crippen molar-refractivity contribution in [3.8, 4) is 5.75 Å². The molecule has 4 rings (SSSR count). The highest BCUT2D eigenvalue weighted by atomic mass is 35.5. The van der Waals surface area contributed by atoms with Crippen LogP contribution >= 0.6 is 11.6 Å². The zero-order valence-electron chi connectivity index (χ0n) is 17.2. The predicted octanol–water partition coefficient (Wildman–Crippen LogP) is 2.37. The van der Waals surface area contributed by atoms with Crippen LogP contribution in [0.1, 0.15) is 25.7 Å². The van der Waals surface area contributed by atoms with E-state index >= 15 is 0 Å². The van der Waals surface area contributed by atoms with Gasteiger partial charge in [0.05, 0.1) is 32.8 Å². The van der Waals surface area contributed by atoms with Crippen molar-refractivity contribution in [1.82, 2.24) is 9.80 Å². The third-order valence-electron chi connectivity index (χ3n) is 6.15. The molecule has 2 aliphatic heterocycles. The molecule has 0 bridgehead atoms. The SMILES string of the molecule is O=C(CC1(COc2cccc(Cl)c2)CN(C(=O)C2CCC2)CCO1)N1CCOCC1. The van der Waals surface area contributed by atoms with E-state index in [4.69, 9.17) is 25.8 Å². The molecule has 7 nitrogen and oxygen atoms in total. The van der Waals surface area contributed by atoms with Gasteiger partial charge in [-0.2, -0.15) is 0 Å². The number of hydrogen-bond acceptors (Lipinski definition) is 5. The van der Waals surface area contributed by atoms with E-state index in [1.54, 1.807) is 17.0 Å². The van der Waals surface area contributed by atoms with E-state index in [9.17, 15) is 9.59 Å². The minimum absolute atomic E-state index is 0.00550. The molecular formula is C22H29ClN2O5. The molecule has 164 valence electrons. The van der Waals surface area contributed by atoms with E-state index in [-0.39, 0.29) is 30.8 Å². The maximum Gasteiger partial charge on any atom is 0.225 e. The van der Waals surface area contributed by atoms with Crippen LogP contribution in [0.2, 0.25) is 5.02 Å². The van der Waals surface area contributed by atoms with Gasteiger partial charge in [-0.3, -0.25) is 9.59 Å². The number of hydrogen-bond donors (Lipinski definition) is 0. The molecule has 0 radical (unpaired) electrons. The normalized spacial score (nSPS) is 25.0. The van der Waals surface area contributed by atoms with Gasteiger partial charge in [0.1, 0.15) is 18.0 Å². The van der Waals surface area contributed by atoms with E-state index < -0.39 is 5.60 Å². The number of carbonyl (C=O) groups excluding carboxylic acids is 2. The number of morpholine rings is 2. The maximum absolute atomic E-state index is 13.0. The van der Waals surface area contributed by atoms with Gasteiger partial charge in [-0.25, -0.2) is 0 Å². The largest absolute Gasteiger partial charge is 0.490 e. The molecule has 3 fully saturated rings. The Balaban J connectivity index is 1.48. The van der Waals surface area contributed by atoms with Gasteiger partial charge in [0.25, 0.3) is 0 Å². The molecule has 1 aromatic carbocycles. The second-order valence-electron chi connectivity index (χ2n) is 8.34. The van der Waals surface area contributed by atoms with Gasteiger partial charge >= 0.3 is 0 Å². The minimum Gasteiger partial charge on any atom is -0.490 e. The van der Waals surface area contributed by atoms with E-state index in [2.05, 4.69) is 0 Å². The number of carbonyl (C=O) groups is 2. The zero-order chi connectivity index (χ0) is 21.0. The van der Waals surface area contributed by atoms with Gasteiger partial charge < -0.3 is 24.0 Å². The van der Waals surface area contributed by atoms with Crippen molar-refractivity contribution in [3.63, 3.8) is 0 Å². The highest BCUT2D eigenvalue weighted by molar-refractivity contribution is 6.30. The smallest absolute Gasteiger partial charge is 0.225 e. The summed E-state index contributed by atoms with van der Waals surface area (Å²) in [4.78, 5) is 29.6. The van der Waals surface area contributed by atoms with Crippen LogP contribution in [0.15, 0.2) is 24.3 Å². The Morgan fingerprint density at radius 3 is 2.60 bits per heavy atom. The summed E-state index contributed by atoms with van der Waals surface area (Å²) in [6, 6.07) is 7.16. The lowest BCUT2D eigenvalue weighted by Gasteiger charge is -2.44. The highest BCUT2D eigenvalue weighted by Gasteiger charge is 2.44. The number of halogens is 1. The molecule has 1 atom stereocenters. The molecule has 0 N–H and O–H groups in total. The molecular weight excluding hydrogens is 408 g/mol. The van der Waals surface area contributed by atoms with Crippen LogP contribution in [0, 0.1) is 5.92 Å². The Morgan fingerprint density at radius 1 is 1.13 bits per heavy atom. The Labute approximate surface area is 182 Å². The molecule has 3 aliphatic rings. The molecule has 2 saturated heterocycles. The lowest BCUT2D eigenvalue weighted by Crippen LogP contribution is -2.59. The summed E-state index contributed by atoms with van der Waals surface area (Å²) in [7, 11) is 0. The van der Waals surface area contributed by atoms with Crippen molar-refractivity contribution < 1.29 is 23.8 Å². The molecule has 1 aliphatic carbocycles. The Hall–Kier alpha value is -1.83. The average molecular weight is 437 g/mol. The second-order valence-corrected chi connectivity index (χ2v) is 8.77. The van der Waals surface area contributed by atoms with E-state index in [1.165, 1.54) is 0 Å². The third-order valence-corrected chi connectivity index (χ3v) is 6.38. The van der Waals surface area contributed by atoms with Gasteiger partial charge in [-0.15, -0.1) is 0 Å². The van der Waals surface area contributed by atoms with E-state index in [0.717, 1.165) is 19.3 Å². The summed E-state index contributed by atoms with van der Waals surface area (Å²) in [5.74, 6) is 0.915. The molecule has 0 aromatic heterocycles. The second kappa shape index (κ2) is 9.54. The number of benzene rings is 1. The summed E-state index contributed by atoms with van der Waals surface area (Å²) in [5.41, 5.74) is -0.880. The van der Waals surface area contributed by atoms with Crippen LogP contribution in [-0.4, -0.2) is 79.8 Å². The van der Waals surface area contributed by atoms with Crippen molar-refractivity contribution >= 4 is 23.4 Å². The fourth-order valence-corrected chi connectivity index (χ4v) is 4.34. The van der Waals surface area contributed by atoms with Crippen molar-refractivity contribution in [1.29, 1.82) is 0 Å². The maximum atomic E-state index is 13.0. The summed E-state index contributed by atoms with van der Waals surface area (Å²) in [5, 5.41) is 0.581. The first-order valence-corrected chi connectivity index (χ1v) is 11.1. The van der Waals surface area contributed by atoms with Gasteiger partial charge in [-0.05, 0) is 31.0 Å². The van der Waals surface area contributed by atoms with Crippen LogP contribution in [-0.2, 0) is 19.1 Å². The van der Waals surface area contributed by atoms with Crippen LogP contribution in [0.4, 0.5) is 0 Å². The number of ether oxygens (including phenoxy) is 3. The molecule has 30 heavy (non-hydrogen) atoms. The lowest BCUT2D eigenvalue weighted by molar-refractivity contribution is -0.170. The first-order chi connectivity index (χ1) is 14.5. The number of amides is 2. The highest BCUT2D eigenvalue weighted by Crippen LogP contribution is 2.32. The zero-order valence-corrected chi connectivity index (χ0v) is 17.9. The summed E-state index contributed by atoms with van der Waals surface area (Å²) in [6.07, 6.45) is 3.19. The van der Waals surface area contributed by atoms with Crippen molar-refractivity contribution in [2.24, 2.45) is 5.92 Å². The molecule has 2 heterocycles. The number of nitrogens with zero attached hydrogens (tertiary/aromatic N) is 2. The molecule has 1 unspecified atom stereocenters. The first kappa shape index (κ1) is 21.4. The summed E-state index contributed by atoms with van der Waals surface area (Å²) < 4.78 is 17.5. The molecule has 1 saturated carbocycles. The van der Waals surface area contributed by atoms with Gasteiger partial charge in [-0.1, -0.05) is 24.1 Å². The fraction of sp³-hybridized carbons (Fsp3) is 0.636. The topological polar surface area (TPSA) is 68.3 Å². The number of rotatable bonds is 6. The van der Waals surface area contributed by atoms with Crippen molar-refractivity contribution in [2.45, 2.75) is 31.3 Å². The van der Waals surface area contributed by atoms with E-state index in [1.807, 2.05) is 17.0 Å². The van der Waals surface area contributed by atoms with Crippen LogP contribution < -0.4 is 4.74 Å². The van der Waals surface area contributed by atoms with Gasteiger partial charge in [0, 0.05) is 30.6 Å². The standard InChI is InChI=1S/C22H29ClN2O5/c23-18-5-2-6-19(13-18)29-16-22(14-20(26)24-7-10-28-11-8-24)15-25(9-12-30-22)21(27)17-3-1-4-17/h2,5-6,13,17H,1,3-4,7-12,14-16H2. The predicted molar refractivity (Wildman–Crippen MR) is 112 cm³/mol. The fourth-order valence-electron chi connectivity index (χ4n) is 4.16. The van der Waals surface area contributed by atoms with Crippen LogP contribution in [0.25, 0.3) is 0 Å².